The Morgan fingerprint density at radius 1 is 0.944 bits per heavy atom. The zero-order chi connectivity index (χ0) is 13.9. The molecule has 0 aliphatic rings. The second-order valence-corrected chi connectivity index (χ2v) is 3.22. The molecule has 4 nitrogen and oxygen atoms in total. The first-order valence-electron chi connectivity index (χ1n) is 4.58. The molecule has 1 aromatic rings. The first kappa shape index (κ1) is 13.8. The van der Waals surface area contributed by atoms with Crippen LogP contribution in [0.15, 0.2) is 35.9 Å². The van der Waals surface area contributed by atoms with Crippen LogP contribution in [0.1, 0.15) is 5.56 Å². The first-order valence-corrected chi connectivity index (χ1v) is 4.58. The molecule has 0 amide bonds. The summed E-state index contributed by atoms with van der Waals surface area (Å²) >= 11 is 0. The Morgan fingerprint density at radius 3 is 1.78 bits per heavy atom. The van der Waals surface area contributed by atoms with Crippen LogP contribution in [0.4, 0.5) is 13.2 Å². The van der Waals surface area contributed by atoms with Gasteiger partial charge in [-0.25, -0.2) is 9.59 Å². The molecule has 1 aromatic carbocycles. The topological polar surface area (TPSA) is 74.6 Å². The third kappa shape index (κ3) is 2.88. The molecule has 2 N–H and O–H groups in total. The van der Waals surface area contributed by atoms with E-state index in [9.17, 15) is 22.8 Å². The van der Waals surface area contributed by atoms with Crippen molar-refractivity contribution in [3.63, 3.8) is 0 Å². The van der Waals surface area contributed by atoms with Crippen LogP contribution in [0.25, 0.3) is 5.57 Å². The van der Waals surface area contributed by atoms with Crippen molar-refractivity contribution in [2.75, 3.05) is 0 Å². The highest BCUT2D eigenvalue weighted by Crippen LogP contribution is 2.32. The van der Waals surface area contributed by atoms with E-state index in [1.54, 1.807) is 0 Å². The fourth-order valence-corrected chi connectivity index (χ4v) is 1.35. The molecular formula is C11H7F3O4. The molecule has 0 saturated carbocycles. The molecular weight excluding hydrogens is 253 g/mol. The van der Waals surface area contributed by atoms with Gasteiger partial charge in [-0.05, 0) is 5.56 Å². The van der Waals surface area contributed by atoms with E-state index in [4.69, 9.17) is 10.2 Å². The zero-order valence-electron chi connectivity index (χ0n) is 8.73. The van der Waals surface area contributed by atoms with Crippen LogP contribution in [-0.2, 0) is 9.59 Å². The van der Waals surface area contributed by atoms with Crippen LogP contribution in [0.5, 0.6) is 0 Å². The van der Waals surface area contributed by atoms with Crippen LogP contribution >= 0.6 is 0 Å². The molecule has 0 aliphatic heterocycles. The molecule has 0 heterocycles. The molecule has 18 heavy (non-hydrogen) atoms. The van der Waals surface area contributed by atoms with Gasteiger partial charge in [-0.3, -0.25) is 0 Å². The molecule has 0 bridgehead atoms. The van der Waals surface area contributed by atoms with Crippen LogP contribution in [0.2, 0.25) is 0 Å². The molecule has 0 aliphatic carbocycles. The molecule has 0 radical (unpaired) electrons. The highest BCUT2D eigenvalue weighted by Gasteiger charge is 2.43. The predicted molar refractivity (Wildman–Crippen MR) is 54.7 cm³/mol. The van der Waals surface area contributed by atoms with E-state index in [1.165, 1.54) is 18.2 Å². The van der Waals surface area contributed by atoms with Crippen LogP contribution in [0.3, 0.4) is 0 Å². The van der Waals surface area contributed by atoms with Gasteiger partial charge >= 0.3 is 18.1 Å². The number of carbonyl (C=O) groups is 2. The second kappa shape index (κ2) is 4.91. The van der Waals surface area contributed by atoms with Gasteiger partial charge in [-0.1, -0.05) is 30.3 Å². The Bertz CT molecular complexity index is 503. The molecule has 1 rings (SSSR count). The summed E-state index contributed by atoms with van der Waals surface area (Å²) < 4.78 is 37.7. The number of carboxylic acid groups (broad SMARTS) is 2. The summed E-state index contributed by atoms with van der Waals surface area (Å²) in [6.07, 6.45) is -5.25. The summed E-state index contributed by atoms with van der Waals surface area (Å²) in [6.45, 7) is 0. The molecule has 0 aromatic heterocycles. The third-order valence-electron chi connectivity index (χ3n) is 2.02. The Labute approximate surface area is 99.0 Å². The van der Waals surface area contributed by atoms with Crippen molar-refractivity contribution in [2.24, 2.45) is 0 Å². The number of hydrogen-bond acceptors (Lipinski definition) is 2. The molecule has 0 saturated heterocycles. The Kier molecular flexibility index (Phi) is 3.75. The predicted octanol–water partition coefficient (Wildman–Crippen LogP) is 2.17. The summed E-state index contributed by atoms with van der Waals surface area (Å²) in [5, 5.41) is 17.3. The van der Waals surface area contributed by atoms with Gasteiger partial charge in [-0.15, -0.1) is 0 Å². The minimum absolute atomic E-state index is 0.320. The quantitative estimate of drug-likeness (QED) is 0.817. The van der Waals surface area contributed by atoms with Crippen LogP contribution in [-0.4, -0.2) is 28.3 Å². The van der Waals surface area contributed by atoms with Gasteiger partial charge in [0.05, 0.1) is 5.57 Å². The van der Waals surface area contributed by atoms with E-state index >= 15 is 0 Å². The molecule has 0 spiro atoms. The lowest BCUT2D eigenvalue weighted by atomic mass is 9.99. The average Bonchev–Trinajstić information content (AvgIpc) is 2.24. The molecule has 0 atom stereocenters. The number of aliphatic carboxylic acids is 2. The highest BCUT2D eigenvalue weighted by molar-refractivity contribution is 6.22. The third-order valence-corrected chi connectivity index (χ3v) is 2.02. The maximum Gasteiger partial charge on any atom is 0.424 e. The smallest absolute Gasteiger partial charge is 0.424 e. The Balaban J connectivity index is 3.61. The van der Waals surface area contributed by atoms with Gasteiger partial charge in [0, 0.05) is 0 Å². The largest absolute Gasteiger partial charge is 0.478 e. The van der Waals surface area contributed by atoms with Gasteiger partial charge in [0.2, 0.25) is 0 Å². The van der Waals surface area contributed by atoms with Crippen LogP contribution < -0.4 is 0 Å². The second-order valence-electron chi connectivity index (χ2n) is 3.22. The number of alkyl halides is 3. The van der Waals surface area contributed by atoms with E-state index in [2.05, 4.69) is 0 Å². The number of rotatable bonds is 3. The number of benzene rings is 1. The van der Waals surface area contributed by atoms with Gasteiger partial charge in [0.25, 0.3) is 0 Å². The fraction of sp³-hybridized carbons (Fsp3) is 0.0909. The van der Waals surface area contributed by atoms with Crippen molar-refractivity contribution in [1.29, 1.82) is 0 Å². The van der Waals surface area contributed by atoms with Crippen LogP contribution in [0, 0.1) is 0 Å². The minimum Gasteiger partial charge on any atom is -0.478 e. The Morgan fingerprint density at radius 2 is 1.44 bits per heavy atom. The van der Waals surface area contributed by atoms with E-state index in [0.29, 0.717) is 0 Å². The monoisotopic (exact) mass is 260 g/mol. The summed E-state index contributed by atoms with van der Waals surface area (Å²) in [5.41, 5.74) is -3.70. The summed E-state index contributed by atoms with van der Waals surface area (Å²) in [5.74, 6) is -4.28. The van der Waals surface area contributed by atoms with E-state index in [-0.39, 0.29) is 5.56 Å². The first-order chi connectivity index (χ1) is 8.25. The summed E-state index contributed by atoms with van der Waals surface area (Å²) in [4.78, 5) is 21.5. The van der Waals surface area contributed by atoms with Gasteiger partial charge < -0.3 is 10.2 Å². The van der Waals surface area contributed by atoms with Gasteiger partial charge in [0.1, 0.15) is 0 Å². The van der Waals surface area contributed by atoms with E-state index in [1.807, 2.05) is 0 Å². The van der Waals surface area contributed by atoms with E-state index < -0.39 is 29.3 Å². The summed E-state index contributed by atoms with van der Waals surface area (Å²) in [7, 11) is 0. The van der Waals surface area contributed by atoms with Crippen molar-refractivity contribution in [3.8, 4) is 0 Å². The number of hydrogen-bond donors (Lipinski definition) is 2. The van der Waals surface area contributed by atoms with Crippen molar-refractivity contribution < 1.29 is 33.0 Å². The molecule has 7 heteroatoms. The standard InChI is InChI=1S/C11H7F3O4/c12-11(13,14)8(10(17)18)7(9(15)16)6-4-2-1-3-5-6/h1-5H,(H,15,16)(H,17,18)/b8-7+. The number of halogens is 3. The SMILES string of the molecule is O=C(O)/C(=C(\C(=O)O)C(F)(F)F)c1ccccc1. The lowest BCUT2D eigenvalue weighted by Crippen LogP contribution is -2.24. The highest BCUT2D eigenvalue weighted by atomic mass is 19.4. The Hall–Kier alpha value is -2.31. The lowest BCUT2D eigenvalue weighted by molar-refractivity contribution is -0.146. The summed E-state index contributed by atoms with van der Waals surface area (Å²) in [6, 6.07) is 6.29. The van der Waals surface area contributed by atoms with Crippen molar-refractivity contribution >= 4 is 17.5 Å². The van der Waals surface area contributed by atoms with Crippen molar-refractivity contribution in [1.82, 2.24) is 0 Å². The lowest BCUT2D eigenvalue weighted by Gasteiger charge is -2.12. The van der Waals surface area contributed by atoms with Gasteiger partial charge in [0.15, 0.2) is 5.57 Å². The minimum atomic E-state index is -5.25. The average molecular weight is 260 g/mol. The maximum atomic E-state index is 12.6. The number of carboxylic acids is 2. The zero-order valence-corrected chi connectivity index (χ0v) is 8.73. The maximum absolute atomic E-state index is 12.6. The van der Waals surface area contributed by atoms with Gasteiger partial charge in [-0.2, -0.15) is 13.2 Å². The molecule has 0 fully saturated rings. The molecule has 0 unspecified atom stereocenters. The van der Waals surface area contributed by atoms with Crippen molar-refractivity contribution in [2.45, 2.75) is 6.18 Å². The normalized spacial score (nSPS) is 12.8. The molecule has 96 valence electrons. The fourth-order valence-electron chi connectivity index (χ4n) is 1.35. The van der Waals surface area contributed by atoms with Crippen molar-refractivity contribution in [3.05, 3.63) is 41.5 Å². The van der Waals surface area contributed by atoms with E-state index in [0.717, 1.165) is 12.1 Å².